The molecule has 0 spiro atoms. The standard InChI is InChI=1S/C25H29F2N5O3S/c1-17-7-8-25(18-5-3-2-4-6-18)36(34,35)32(17)13-19-11-21(27)23(12-20(19)26)30-10-9-22(24(33)14-30)31-15-28-29-16-31/h2-6,11-12,15-17,22,24-25,33H,7-10,13-14H2,1H3/t17-,22+,24-,25+/m0/s1. The largest absolute Gasteiger partial charge is 0.389 e. The Kier molecular flexibility index (Phi) is 6.80. The molecule has 11 heteroatoms. The molecule has 4 atom stereocenters. The number of hydrogen-bond donors (Lipinski definition) is 1. The van der Waals surface area contributed by atoms with E-state index in [1.807, 2.05) is 6.07 Å². The van der Waals surface area contributed by atoms with E-state index in [0.29, 0.717) is 31.4 Å². The van der Waals surface area contributed by atoms with Crippen LogP contribution < -0.4 is 4.90 Å². The minimum absolute atomic E-state index is 0.0136. The number of β-amino-alcohol motifs (C(OH)–C–C–N with tert-alkyl or cyclic N) is 1. The van der Waals surface area contributed by atoms with Gasteiger partial charge in [0.15, 0.2) is 0 Å². The lowest BCUT2D eigenvalue weighted by atomic mass is 10.0. The van der Waals surface area contributed by atoms with Crippen molar-refractivity contribution in [2.24, 2.45) is 0 Å². The van der Waals surface area contributed by atoms with Gasteiger partial charge in [-0.25, -0.2) is 17.2 Å². The molecule has 0 bridgehead atoms. The molecular weight excluding hydrogens is 488 g/mol. The number of piperidine rings is 1. The van der Waals surface area contributed by atoms with E-state index in [1.165, 1.54) is 17.0 Å². The summed E-state index contributed by atoms with van der Waals surface area (Å²) >= 11 is 0. The number of aliphatic hydroxyl groups excluding tert-OH is 1. The number of nitrogens with zero attached hydrogens (tertiary/aromatic N) is 5. The molecule has 0 unspecified atom stereocenters. The fraction of sp³-hybridized carbons (Fsp3) is 0.440. The number of halogens is 2. The lowest BCUT2D eigenvalue weighted by Gasteiger charge is -2.38. The van der Waals surface area contributed by atoms with Crippen molar-refractivity contribution in [2.45, 2.75) is 56.2 Å². The Balaban J connectivity index is 1.35. The minimum Gasteiger partial charge on any atom is -0.389 e. The Hall–Kier alpha value is -2.89. The van der Waals surface area contributed by atoms with Crippen LogP contribution in [0.4, 0.5) is 14.5 Å². The van der Waals surface area contributed by atoms with Crippen LogP contribution in [0.2, 0.25) is 0 Å². The Morgan fingerprint density at radius 2 is 1.75 bits per heavy atom. The van der Waals surface area contributed by atoms with Gasteiger partial charge in [0.2, 0.25) is 10.0 Å². The molecule has 2 saturated heterocycles. The maximum Gasteiger partial charge on any atom is 0.221 e. The molecule has 0 saturated carbocycles. The van der Waals surface area contributed by atoms with Gasteiger partial charge in [0, 0.05) is 37.3 Å². The van der Waals surface area contributed by atoms with Crippen molar-refractivity contribution in [1.82, 2.24) is 19.1 Å². The van der Waals surface area contributed by atoms with E-state index in [0.717, 1.165) is 12.1 Å². The molecule has 2 aliphatic heterocycles. The van der Waals surface area contributed by atoms with Gasteiger partial charge in [0.05, 0.1) is 17.8 Å². The fourth-order valence-corrected chi connectivity index (χ4v) is 7.51. The van der Waals surface area contributed by atoms with Crippen molar-refractivity contribution < 1.29 is 22.3 Å². The normalized spacial score (nSPS) is 26.7. The summed E-state index contributed by atoms with van der Waals surface area (Å²) in [6.07, 6.45) is 3.85. The molecule has 0 aliphatic carbocycles. The van der Waals surface area contributed by atoms with Crippen molar-refractivity contribution >= 4 is 15.7 Å². The van der Waals surface area contributed by atoms with E-state index < -0.39 is 33.0 Å². The third-order valence-corrected chi connectivity index (χ3v) is 9.71. The number of benzene rings is 2. The molecule has 3 aromatic rings. The summed E-state index contributed by atoms with van der Waals surface area (Å²) in [6, 6.07) is 10.6. The number of aromatic nitrogens is 3. The molecule has 2 fully saturated rings. The van der Waals surface area contributed by atoms with E-state index in [-0.39, 0.29) is 36.4 Å². The van der Waals surface area contributed by atoms with Gasteiger partial charge in [-0.2, -0.15) is 4.31 Å². The van der Waals surface area contributed by atoms with Crippen LogP contribution in [0.5, 0.6) is 0 Å². The summed E-state index contributed by atoms with van der Waals surface area (Å²) in [5.41, 5.74) is 0.736. The summed E-state index contributed by atoms with van der Waals surface area (Å²) in [5.74, 6) is -1.32. The van der Waals surface area contributed by atoms with Gasteiger partial charge in [-0.05, 0) is 37.8 Å². The molecule has 192 valence electrons. The molecule has 0 radical (unpaired) electrons. The second-order valence-corrected chi connectivity index (χ2v) is 11.7. The lowest BCUT2D eigenvalue weighted by molar-refractivity contribution is 0.0976. The Bertz CT molecular complexity index is 1310. The zero-order chi connectivity index (χ0) is 25.4. The van der Waals surface area contributed by atoms with Crippen LogP contribution in [0.3, 0.4) is 0 Å². The van der Waals surface area contributed by atoms with Crippen LogP contribution in [0.15, 0.2) is 55.1 Å². The van der Waals surface area contributed by atoms with Crippen molar-refractivity contribution in [3.05, 3.63) is 77.9 Å². The fourth-order valence-electron chi connectivity index (χ4n) is 5.33. The van der Waals surface area contributed by atoms with E-state index in [1.54, 1.807) is 40.7 Å². The Labute approximate surface area is 209 Å². The quantitative estimate of drug-likeness (QED) is 0.558. The molecule has 3 heterocycles. The monoisotopic (exact) mass is 517 g/mol. The van der Waals surface area contributed by atoms with Crippen molar-refractivity contribution in [1.29, 1.82) is 0 Å². The van der Waals surface area contributed by atoms with Crippen LogP contribution in [-0.4, -0.2) is 57.8 Å². The van der Waals surface area contributed by atoms with Gasteiger partial charge < -0.3 is 14.6 Å². The van der Waals surface area contributed by atoms with Gasteiger partial charge in [-0.1, -0.05) is 30.3 Å². The van der Waals surface area contributed by atoms with Gasteiger partial charge >= 0.3 is 0 Å². The van der Waals surface area contributed by atoms with Gasteiger partial charge in [-0.3, -0.25) is 0 Å². The molecule has 2 aromatic carbocycles. The maximum atomic E-state index is 15.2. The molecule has 2 aliphatic rings. The predicted molar refractivity (Wildman–Crippen MR) is 131 cm³/mol. The molecular formula is C25H29F2N5O3S. The van der Waals surface area contributed by atoms with Crippen molar-refractivity contribution in [2.75, 3.05) is 18.0 Å². The maximum absolute atomic E-state index is 15.2. The van der Waals surface area contributed by atoms with Gasteiger partial charge in [0.25, 0.3) is 0 Å². The first-order valence-electron chi connectivity index (χ1n) is 12.1. The second kappa shape index (κ2) is 9.87. The highest BCUT2D eigenvalue weighted by atomic mass is 32.2. The number of sulfonamides is 1. The third kappa shape index (κ3) is 4.62. The molecule has 36 heavy (non-hydrogen) atoms. The molecule has 8 nitrogen and oxygen atoms in total. The van der Waals surface area contributed by atoms with Crippen LogP contribution in [0.25, 0.3) is 0 Å². The van der Waals surface area contributed by atoms with Gasteiger partial charge in [-0.15, -0.1) is 10.2 Å². The van der Waals surface area contributed by atoms with Crippen LogP contribution in [0.1, 0.15) is 48.6 Å². The summed E-state index contributed by atoms with van der Waals surface area (Å²) in [6.45, 7) is 2.08. The highest BCUT2D eigenvalue weighted by molar-refractivity contribution is 7.89. The molecule has 0 amide bonds. The summed E-state index contributed by atoms with van der Waals surface area (Å²) in [5, 5.41) is 17.4. The number of rotatable bonds is 5. The number of hydrogen-bond acceptors (Lipinski definition) is 6. The van der Waals surface area contributed by atoms with Crippen molar-refractivity contribution in [3.8, 4) is 0 Å². The highest BCUT2D eigenvalue weighted by Crippen LogP contribution is 2.39. The SMILES string of the molecule is C[C@H]1CC[C@H](c2ccccc2)S(=O)(=O)N1Cc1cc(F)c(N2CC[C@@H](n3cnnc3)[C@@H](O)C2)cc1F. The van der Waals surface area contributed by atoms with Crippen LogP contribution >= 0.6 is 0 Å². The minimum atomic E-state index is -3.77. The zero-order valence-electron chi connectivity index (χ0n) is 19.9. The van der Waals surface area contributed by atoms with Crippen molar-refractivity contribution in [3.63, 3.8) is 0 Å². The lowest BCUT2D eigenvalue weighted by Crippen LogP contribution is -2.45. The average molecular weight is 518 g/mol. The highest BCUT2D eigenvalue weighted by Gasteiger charge is 2.41. The van der Waals surface area contributed by atoms with E-state index >= 15 is 8.78 Å². The summed E-state index contributed by atoms with van der Waals surface area (Å²) in [4.78, 5) is 1.61. The predicted octanol–water partition coefficient (Wildman–Crippen LogP) is 3.42. The van der Waals surface area contributed by atoms with Gasteiger partial charge in [0.1, 0.15) is 29.5 Å². The average Bonchev–Trinajstić information content (AvgIpc) is 3.38. The first-order chi connectivity index (χ1) is 17.3. The molecule has 1 aromatic heterocycles. The first-order valence-corrected chi connectivity index (χ1v) is 13.6. The third-order valence-electron chi connectivity index (χ3n) is 7.34. The topological polar surface area (TPSA) is 91.6 Å². The van der Waals surface area contributed by atoms with Crippen LogP contribution in [0, 0.1) is 11.6 Å². The summed E-state index contributed by atoms with van der Waals surface area (Å²) < 4.78 is 60.4. The second-order valence-electron chi connectivity index (χ2n) is 9.59. The molecule has 5 rings (SSSR count). The number of anilines is 1. The van der Waals surface area contributed by atoms with Crippen LogP contribution in [-0.2, 0) is 16.6 Å². The zero-order valence-corrected chi connectivity index (χ0v) is 20.7. The van der Waals surface area contributed by atoms with E-state index in [9.17, 15) is 13.5 Å². The first kappa shape index (κ1) is 24.8. The smallest absolute Gasteiger partial charge is 0.221 e. The summed E-state index contributed by atoms with van der Waals surface area (Å²) in [7, 11) is -3.77. The number of aliphatic hydroxyl groups is 1. The van der Waals surface area contributed by atoms with E-state index in [2.05, 4.69) is 10.2 Å². The molecule has 1 N–H and O–H groups in total. The Morgan fingerprint density at radius 3 is 2.44 bits per heavy atom. The Morgan fingerprint density at radius 1 is 1.03 bits per heavy atom. The van der Waals surface area contributed by atoms with E-state index in [4.69, 9.17) is 0 Å².